The van der Waals surface area contributed by atoms with E-state index in [-0.39, 0.29) is 11.8 Å². The van der Waals surface area contributed by atoms with Gasteiger partial charge in [0, 0.05) is 16.9 Å². The molecule has 1 aromatic heterocycles. The average molecular weight is 407 g/mol. The van der Waals surface area contributed by atoms with Crippen molar-refractivity contribution in [2.24, 2.45) is 0 Å². The fraction of sp³-hybridized carbons (Fsp3) is 0.217. The van der Waals surface area contributed by atoms with Crippen LogP contribution in [0.3, 0.4) is 0 Å². The number of hydrogen-bond donors (Lipinski definition) is 2. The van der Waals surface area contributed by atoms with Crippen LogP contribution in [0.25, 0.3) is 0 Å². The second kappa shape index (κ2) is 8.92. The van der Waals surface area contributed by atoms with E-state index in [9.17, 15) is 9.59 Å². The Hall–Kier alpha value is -3.12. The van der Waals surface area contributed by atoms with Crippen LogP contribution in [-0.4, -0.2) is 17.9 Å². The summed E-state index contributed by atoms with van der Waals surface area (Å²) < 4.78 is 5.95. The summed E-state index contributed by atoms with van der Waals surface area (Å²) in [5.74, 6) is 0.475. The number of nitrogens with one attached hydrogen (secondary N) is 2. The Morgan fingerprint density at radius 2 is 1.45 bits per heavy atom. The Morgan fingerprint density at radius 1 is 0.828 bits per heavy atom. The number of rotatable bonds is 6. The molecule has 2 N–H and O–H groups in total. The molecule has 0 unspecified atom stereocenters. The minimum atomic E-state index is -0.203. The van der Waals surface area contributed by atoms with Crippen LogP contribution >= 0.6 is 11.3 Å². The van der Waals surface area contributed by atoms with Crippen LogP contribution in [0, 0.1) is 0 Å². The van der Waals surface area contributed by atoms with Gasteiger partial charge in [-0.15, -0.1) is 11.3 Å². The van der Waals surface area contributed by atoms with E-state index in [1.807, 2.05) is 35.7 Å². The van der Waals surface area contributed by atoms with Crippen molar-refractivity contribution < 1.29 is 14.3 Å². The molecule has 0 saturated heterocycles. The molecule has 0 atom stereocenters. The monoisotopic (exact) mass is 406 g/mol. The van der Waals surface area contributed by atoms with E-state index in [4.69, 9.17) is 4.74 Å². The average Bonchev–Trinajstić information content (AvgIpc) is 3.44. The Balaban J connectivity index is 1.32. The smallest absolute Gasteiger partial charge is 0.265 e. The van der Waals surface area contributed by atoms with Gasteiger partial charge < -0.3 is 15.4 Å². The topological polar surface area (TPSA) is 67.4 Å². The highest BCUT2D eigenvalue weighted by Gasteiger charge is 2.16. The lowest BCUT2D eigenvalue weighted by Crippen LogP contribution is -2.13. The van der Waals surface area contributed by atoms with E-state index in [1.54, 1.807) is 30.3 Å². The number of hydrogen-bond acceptors (Lipinski definition) is 4. The Morgan fingerprint density at radius 3 is 2.07 bits per heavy atom. The molecule has 3 aromatic rings. The first kappa shape index (κ1) is 19.2. The van der Waals surface area contributed by atoms with Crippen molar-refractivity contribution in [3.8, 4) is 5.75 Å². The summed E-state index contributed by atoms with van der Waals surface area (Å²) in [5, 5.41) is 7.56. The quantitative estimate of drug-likeness (QED) is 0.562. The Bertz CT molecular complexity index is 960. The van der Waals surface area contributed by atoms with Crippen LogP contribution in [0.5, 0.6) is 5.75 Å². The molecular weight excluding hydrogens is 384 g/mol. The second-order valence-corrected chi connectivity index (χ2v) is 7.96. The molecule has 1 aliphatic rings. The molecule has 148 valence electrons. The maximum absolute atomic E-state index is 12.5. The molecule has 0 spiro atoms. The number of thiophene rings is 1. The van der Waals surface area contributed by atoms with E-state index in [1.165, 1.54) is 24.2 Å². The van der Waals surface area contributed by atoms with Crippen LogP contribution in [0.2, 0.25) is 0 Å². The number of ether oxygens (including phenoxy) is 1. The van der Waals surface area contributed by atoms with Crippen molar-refractivity contribution in [1.29, 1.82) is 0 Å². The van der Waals surface area contributed by atoms with Gasteiger partial charge in [-0.05, 0) is 85.7 Å². The van der Waals surface area contributed by atoms with Crippen molar-refractivity contribution in [3.05, 3.63) is 76.5 Å². The van der Waals surface area contributed by atoms with Crippen LogP contribution in [0.1, 0.15) is 45.7 Å². The van der Waals surface area contributed by atoms with Crippen molar-refractivity contribution in [2.45, 2.75) is 31.8 Å². The van der Waals surface area contributed by atoms with Crippen molar-refractivity contribution in [3.63, 3.8) is 0 Å². The standard InChI is InChI=1S/C23H22N2O3S/c26-22(24-18-11-13-20(14-12-18)28-19-4-1-2-5-19)16-7-9-17(10-8-16)25-23(27)21-6-3-15-29-21/h3,6-15,19H,1-2,4-5H2,(H,24,26)(H,25,27). The molecular formula is C23H22N2O3S. The van der Waals surface area contributed by atoms with E-state index >= 15 is 0 Å². The molecule has 5 nitrogen and oxygen atoms in total. The number of carbonyl (C=O) groups excluding carboxylic acids is 2. The highest BCUT2D eigenvalue weighted by atomic mass is 32.1. The van der Waals surface area contributed by atoms with Gasteiger partial charge in [0.05, 0.1) is 11.0 Å². The van der Waals surface area contributed by atoms with E-state index < -0.39 is 0 Å². The maximum Gasteiger partial charge on any atom is 0.265 e. The number of amides is 2. The summed E-state index contributed by atoms with van der Waals surface area (Å²) in [7, 11) is 0. The van der Waals surface area contributed by atoms with Crippen LogP contribution < -0.4 is 15.4 Å². The summed E-state index contributed by atoms with van der Waals surface area (Å²) in [6.45, 7) is 0. The molecule has 0 radical (unpaired) electrons. The van der Waals surface area contributed by atoms with Gasteiger partial charge in [-0.1, -0.05) is 6.07 Å². The molecule has 0 bridgehead atoms. The SMILES string of the molecule is O=C(Nc1ccc(OC2CCCC2)cc1)c1ccc(NC(=O)c2cccs2)cc1. The van der Waals surface area contributed by atoms with Gasteiger partial charge in [0.2, 0.25) is 0 Å². The molecule has 4 rings (SSSR count). The largest absolute Gasteiger partial charge is 0.490 e. The molecule has 2 aromatic carbocycles. The van der Waals surface area contributed by atoms with E-state index in [0.29, 0.717) is 27.9 Å². The fourth-order valence-corrected chi connectivity index (χ4v) is 3.94. The predicted molar refractivity (Wildman–Crippen MR) is 116 cm³/mol. The zero-order valence-electron chi connectivity index (χ0n) is 15.9. The van der Waals surface area contributed by atoms with Gasteiger partial charge in [0.1, 0.15) is 5.75 Å². The van der Waals surface area contributed by atoms with Crippen molar-refractivity contribution >= 4 is 34.5 Å². The Kier molecular flexibility index (Phi) is 5.91. The van der Waals surface area contributed by atoms with Gasteiger partial charge in [0.25, 0.3) is 11.8 Å². The molecule has 1 fully saturated rings. The molecule has 29 heavy (non-hydrogen) atoms. The van der Waals surface area contributed by atoms with Gasteiger partial charge in [0.15, 0.2) is 0 Å². The summed E-state index contributed by atoms with van der Waals surface area (Å²) in [5.41, 5.74) is 1.88. The minimum Gasteiger partial charge on any atom is -0.490 e. The third-order valence-electron chi connectivity index (χ3n) is 4.87. The Labute approximate surface area is 173 Å². The lowest BCUT2D eigenvalue weighted by Gasteiger charge is -2.13. The predicted octanol–water partition coefficient (Wildman–Crippen LogP) is 5.57. The lowest BCUT2D eigenvalue weighted by atomic mass is 10.2. The van der Waals surface area contributed by atoms with E-state index in [0.717, 1.165) is 18.6 Å². The first-order chi connectivity index (χ1) is 14.2. The lowest BCUT2D eigenvalue weighted by molar-refractivity contribution is 0.102. The van der Waals surface area contributed by atoms with Crippen molar-refractivity contribution in [2.75, 3.05) is 10.6 Å². The molecule has 2 amide bonds. The minimum absolute atomic E-state index is 0.155. The fourth-order valence-electron chi connectivity index (χ4n) is 3.32. The number of carbonyl (C=O) groups is 2. The zero-order chi connectivity index (χ0) is 20.1. The molecule has 1 saturated carbocycles. The van der Waals surface area contributed by atoms with Crippen LogP contribution in [0.15, 0.2) is 66.0 Å². The normalized spacial score (nSPS) is 13.8. The molecule has 6 heteroatoms. The third kappa shape index (κ3) is 5.03. The summed E-state index contributed by atoms with van der Waals surface area (Å²) in [4.78, 5) is 25.2. The zero-order valence-corrected chi connectivity index (χ0v) is 16.7. The highest BCUT2D eigenvalue weighted by molar-refractivity contribution is 7.12. The highest BCUT2D eigenvalue weighted by Crippen LogP contribution is 2.25. The van der Waals surface area contributed by atoms with Gasteiger partial charge in [-0.2, -0.15) is 0 Å². The summed E-state index contributed by atoms with van der Waals surface area (Å²) in [6, 6.07) is 17.9. The number of anilines is 2. The van der Waals surface area contributed by atoms with Gasteiger partial charge >= 0.3 is 0 Å². The molecule has 1 heterocycles. The summed E-state index contributed by atoms with van der Waals surface area (Å²) >= 11 is 1.38. The first-order valence-electron chi connectivity index (χ1n) is 9.70. The van der Waals surface area contributed by atoms with Gasteiger partial charge in [-0.25, -0.2) is 0 Å². The first-order valence-corrected chi connectivity index (χ1v) is 10.6. The second-order valence-electron chi connectivity index (χ2n) is 7.01. The summed E-state index contributed by atoms with van der Waals surface area (Å²) in [6.07, 6.45) is 5.00. The van der Waals surface area contributed by atoms with Gasteiger partial charge in [-0.3, -0.25) is 9.59 Å². The van der Waals surface area contributed by atoms with Crippen LogP contribution in [0.4, 0.5) is 11.4 Å². The van der Waals surface area contributed by atoms with Crippen LogP contribution in [-0.2, 0) is 0 Å². The molecule has 0 aliphatic heterocycles. The van der Waals surface area contributed by atoms with E-state index in [2.05, 4.69) is 10.6 Å². The number of benzene rings is 2. The maximum atomic E-state index is 12.5. The van der Waals surface area contributed by atoms with Crippen molar-refractivity contribution in [1.82, 2.24) is 0 Å². The molecule has 1 aliphatic carbocycles. The third-order valence-corrected chi connectivity index (χ3v) is 5.74.